The molecule has 1 aromatic carbocycles. The van der Waals surface area contributed by atoms with Gasteiger partial charge in [0.2, 0.25) is 15.9 Å². The molecule has 4 rings (SSSR count). The molecule has 1 aliphatic carbocycles. The predicted octanol–water partition coefficient (Wildman–Crippen LogP) is 4.64. The molecule has 1 aromatic heterocycles. The maximum absolute atomic E-state index is 13.0. The Bertz CT molecular complexity index is 1300. The second-order valence-corrected chi connectivity index (χ2v) is 13.2. The molecule has 2 amide bonds. The number of allylic oxidation sites excluding steroid dienone is 3. The number of hydrogen-bond donors (Lipinski definition) is 2. The number of carbonyl (C=O) groups is 2. The summed E-state index contributed by atoms with van der Waals surface area (Å²) < 4.78 is 27.3. The van der Waals surface area contributed by atoms with Crippen LogP contribution in [0.2, 0.25) is 0 Å². The van der Waals surface area contributed by atoms with Crippen LogP contribution in [0.4, 0.5) is 0 Å². The number of thiophene rings is 1. The summed E-state index contributed by atoms with van der Waals surface area (Å²) in [6, 6.07) is 9.12. The molecule has 0 fully saturated rings. The number of sulfonamides is 1. The van der Waals surface area contributed by atoms with Gasteiger partial charge in [0.1, 0.15) is 4.21 Å². The van der Waals surface area contributed by atoms with Crippen LogP contribution in [0.15, 0.2) is 57.8 Å². The fraction of sp³-hybridized carbons (Fsp3) is 0.407. The molecule has 10 heteroatoms. The molecular formula is C27H33N3O4S3. The van der Waals surface area contributed by atoms with E-state index >= 15 is 0 Å². The second kappa shape index (κ2) is 12.4. The zero-order valence-electron chi connectivity index (χ0n) is 21.2. The van der Waals surface area contributed by atoms with Crippen LogP contribution in [-0.4, -0.2) is 50.2 Å². The zero-order chi connectivity index (χ0) is 26.4. The molecule has 0 unspecified atom stereocenters. The molecule has 0 saturated carbocycles. The molecule has 0 spiro atoms. The lowest BCUT2D eigenvalue weighted by molar-refractivity contribution is -0.124. The highest BCUT2D eigenvalue weighted by Crippen LogP contribution is 2.37. The van der Waals surface area contributed by atoms with E-state index in [9.17, 15) is 18.0 Å². The average molecular weight is 560 g/mol. The highest BCUT2D eigenvalue weighted by atomic mass is 32.2. The third kappa shape index (κ3) is 6.54. The van der Waals surface area contributed by atoms with Crippen molar-refractivity contribution in [2.45, 2.75) is 43.2 Å². The van der Waals surface area contributed by atoms with Gasteiger partial charge in [0.25, 0.3) is 5.91 Å². The smallest absolute Gasteiger partial charge is 0.258 e. The number of thioether (sulfide) groups is 1. The molecule has 1 aliphatic heterocycles. The van der Waals surface area contributed by atoms with Crippen molar-refractivity contribution in [3.8, 4) is 0 Å². The summed E-state index contributed by atoms with van der Waals surface area (Å²) in [5.74, 6) is 0.793. The maximum atomic E-state index is 13.0. The van der Waals surface area contributed by atoms with Gasteiger partial charge in [0, 0.05) is 42.3 Å². The standard InChI is InChI=1S/C27H33N3O4S3/c1-19(8-3-4-14-28-37(33,34)24-11-6-17-36-24)26(31)29-21-12-13-23-25-20(18-21)9-5-10-22(25)27(32)30(23)15-7-16-35-2/h5-6,9-13,17,19,28H,3-4,7-8,14-16,18H2,1-2H3,(H,29,31)/t19-/m0/s1. The molecule has 2 aromatic rings. The first-order chi connectivity index (χ1) is 17.8. The van der Waals surface area contributed by atoms with E-state index < -0.39 is 10.0 Å². The van der Waals surface area contributed by atoms with Gasteiger partial charge in [-0.25, -0.2) is 13.1 Å². The number of nitrogens with one attached hydrogen (secondary N) is 2. The SMILES string of the molecule is CSCCCN1C(=O)c2cccc3c2C1=CC=C(NC(=O)[C@@H](C)CCCCNS(=O)(=O)c1cccs1)C3. The molecule has 0 radical (unpaired) electrons. The minimum Gasteiger partial charge on any atom is -0.329 e. The lowest BCUT2D eigenvalue weighted by atomic mass is 9.98. The number of nitrogens with zero attached hydrogens (tertiary/aromatic N) is 1. The van der Waals surface area contributed by atoms with Gasteiger partial charge in [-0.3, -0.25) is 9.59 Å². The molecule has 37 heavy (non-hydrogen) atoms. The quantitative estimate of drug-likeness (QED) is 0.349. The number of hydrogen-bond acceptors (Lipinski definition) is 6. The van der Waals surface area contributed by atoms with Gasteiger partial charge in [-0.1, -0.05) is 31.5 Å². The van der Waals surface area contributed by atoms with Crippen LogP contribution in [0.1, 0.15) is 54.1 Å². The molecule has 0 bridgehead atoms. The van der Waals surface area contributed by atoms with Crippen molar-refractivity contribution in [3.05, 3.63) is 70.3 Å². The molecule has 198 valence electrons. The van der Waals surface area contributed by atoms with Crippen molar-refractivity contribution in [3.63, 3.8) is 0 Å². The van der Waals surface area contributed by atoms with Crippen molar-refractivity contribution in [2.75, 3.05) is 25.1 Å². The summed E-state index contributed by atoms with van der Waals surface area (Å²) in [6.07, 6.45) is 9.49. The van der Waals surface area contributed by atoms with Gasteiger partial charge < -0.3 is 10.2 Å². The van der Waals surface area contributed by atoms with Crippen molar-refractivity contribution in [1.29, 1.82) is 0 Å². The van der Waals surface area contributed by atoms with Gasteiger partial charge in [-0.15, -0.1) is 11.3 Å². The van der Waals surface area contributed by atoms with Gasteiger partial charge in [0.15, 0.2) is 0 Å². The minimum absolute atomic E-state index is 0.0510. The Morgan fingerprint density at radius 2 is 2.00 bits per heavy atom. The number of benzene rings is 1. The fourth-order valence-corrected chi connectivity index (χ4v) is 7.12. The monoisotopic (exact) mass is 559 g/mol. The van der Waals surface area contributed by atoms with Gasteiger partial charge in [-0.05, 0) is 66.5 Å². The minimum atomic E-state index is -3.45. The Morgan fingerprint density at radius 3 is 2.76 bits per heavy atom. The Labute approximate surface area is 227 Å². The van der Waals surface area contributed by atoms with Crippen LogP contribution in [0.3, 0.4) is 0 Å². The van der Waals surface area contributed by atoms with Crippen LogP contribution < -0.4 is 10.0 Å². The Morgan fingerprint density at radius 1 is 1.16 bits per heavy atom. The zero-order valence-corrected chi connectivity index (χ0v) is 23.6. The summed E-state index contributed by atoms with van der Waals surface area (Å²) in [7, 11) is -3.45. The molecule has 1 atom stereocenters. The van der Waals surface area contributed by atoms with E-state index in [4.69, 9.17) is 0 Å². The Hall–Kier alpha value is -2.40. The number of amides is 2. The van der Waals surface area contributed by atoms with E-state index in [2.05, 4.69) is 16.3 Å². The third-order valence-electron chi connectivity index (χ3n) is 6.57. The highest BCUT2D eigenvalue weighted by Gasteiger charge is 2.34. The lowest BCUT2D eigenvalue weighted by Crippen LogP contribution is -2.29. The first-order valence-electron chi connectivity index (χ1n) is 12.5. The number of rotatable bonds is 13. The van der Waals surface area contributed by atoms with Crippen molar-refractivity contribution in [2.24, 2.45) is 5.92 Å². The first-order valence-corrected chi connectivity index (χ1v) is 16.3. The number of carbonyl (C=O) groups excluding carboxylic acids is 2. The molecular weight excluding hydrogens is 527 g/mol. The lowest BCUT2D eigenvalue weighted by Gasteiger charge is -2.18. The summed E-state index contributed by atoms with van der Waals surface area (Å²) in [5, 5.41) is 4.82. The van der Waals surface area contributed by atoms with Crippen LogP contribution in [-0.2, 0) is 21.2 Å². The Balaban J connectivity index is 1.31. The summed E-state index contributed by atoms with van der Waals surface area (Å²) in [5.41, 5.74) is 4.48. The van der Waals surface area contributed by atoms with E-state index in [0.29, 0.717) is 36.6 Å². The summed E-state index contributed by atoms with van der Waals surface area (Å²) in [4.78, 5) is 27.8. The van der Waals surface area contributed by atoms with E-state index in [1.165, 1.54) is 11.3 Å². The Kier molecular flexibility index (Phi) is 9.28. The topological polar surface area (TPSA) is 95.6 Å². The normalized spacial score (nSPS) is 15.6. The van der Waals surface area contributed by atoms with E-state index in [0.717, 1.165) is 46.7 Å². The van der Waals surface area contributed by atoms with Crippen molar-refractivity contribution >= 4 is 50.6 Å². The molecule has 2 N–H and O–H groups in total. The van der Waals surface area contributed by atoms with Crippen LogP contribution >= 0.6 is 23.1 Å². The third-order valence-corrected chi connectivity index (χ3v) is 10.1. The van der Waals surface area contributed by atoms with Gasteiger partial charge >= 0.3 is 0 Å². The van der Waals surface area contributed by atoms with Gasteiger partial charge in [0.05, 0.1) is 5.70 Å². The maximum Gasteiger partial charge on any atom is 0.258 e. The van der Waals surface area contributed by atoms with Crippen LogP contribution in [0.5, 0.6) is 0 Å². The van der Waals surface area contributed by atoms with Crippen molar-refractivity contribution in [1.82, 2.24) is 14.9 Å². The molecule has 0 saturated heterocycles. The largest absolute Gasteiger partial charge is 0.329 e. The first kappa shape index (κ1) is 27.6. The van der Waals surface area contributed by atoms with E-state index in [1.54, 1.807) is 29.3 Å². The molecule has 2 aliphatic rings. The molecule has 2 heterocycles. The summed E-state index contributed by atoms with van der Waals surface area (Å²) >= 11 is 2.96. The second-order valence-electron chi connectivity index (χ2n) is 9.28. The van der Waals surface area contributed by atoms with Gasteiger partial charge in [-0.2, -0.15) is 11.8 Å². The van der Waals surface area contributed by atoms with Crippen molar-refractivity contribution < 1.29 is 18.0 Å². The number of unbranched alkanes of at least 4 members (excludes halogenated alkanes) is 1. The predicted molar refractivity (Wildman–Crippen MR) is 151 cm³/mol. The molecule has 7 nitrogen and oxygen atoms in total. The summed E-state index contributed by atoms with van der Waals surface area (Å²) in [6.45, 7) is 2.92. The van der Waals surface area contributed by atoms with E-state index in [-0.39, 0.29) is 17.7 Å². The van der Waals surface area contributed by atoms with Crippen LogP contribution in [0, 0.1) is 5.92 Å². The average Bonchev–Trinajstić information content (AvgIpc) is 3.46. The van der Waals surface area contributed by atoms with Crippen LogP contribution in [0.25, 0.3) is 5.70 Å². The fourth-order valence-electron chi connectivity index (χ4n) is 4.59. The highest BCUT2D eigenvalue weighted by molar-refractivity contribution is 7.98. The van der Waals surface area contributed by atoms with E-state index in [1.807, 2.05) is 42.2 Å².